The van der Waals surface area contributed by atoms with E-state index in [1.807, 2.05) is 0 Å². The number of primary amides is 1. The first-order valence-electron chi connectivity index (χ1n) is 4.28. The van der Waals surface area contributed by atoms with E-state index in [1.165, 1.54) is 12.1 Å². The number of nitrogens with two attached hydrogens (primary N) is 1. The van der Waals surface area contributed by atoms with Crippen molar-refractivity contribution in [3.63, 3.8) is 0 Å². The van der Waals surface area contributed by atoms with Crippen molar-refractivity contribution < 1.29 is 9.18 Å². The van der Waals surface area contributed by atoms with Crippen LogP contribution in [0.4, 0.5) is 4.39 Å². The highest BCUT2D eigenvalue weighted by Gasteiger charge is 2.10. The average Bonchev–Trinajstić information content (AvgIpc) is 2.67. The van der Waals surface area contributed by atoms with Gasteiger partial charge in [0.15, 0.2) is 0 Å². The highest BCUT2D eigenvalue weighted by molar-refractivity contribution is 5.91. The molecule has 1 aromatic heterocycles. The molecule has 4 nitrogen and oxygen atoms in total. The minimum Gasteiger partial charge on any atom is -0.364 e. The molecule has 0 radical (unpaired) electrons. The maximum Gasteiger partial charge on any atom is 0.266 e. The third kappa shape index (κ3) is 1.71. The smallest absolute Gasteiger partial charge is 0.266 e. The first kappa shape index (κ1) is 9.39. The lowest BCUT2D eigenvalue weighted by Gasteiger charge is -1.96. The summed E-state index contributed by atoms with van der Waals surface area (Å²) in [5.74, 6) is -1.01. The lowest BCUT2D eigenvalue weighted by atomic mass is 10.1. The molecule has 0 bridgehead atoms. The standard InChI is InChI=1S/C10H8FN3O/c11-7-4-2-1-3-6(7)8-5-9(10(12)15)14-13-8/h1-5H,(H2,12,15)(H,13,14). The van der Waals surface area contributed by atoms with E-state index in [4.69, 9.17) is 5.73 Å². The summed E-state index contributed by atoms with van der Waals surface area (Å²) in [4.78, 5) is 10.8. The summed E-state index contributed by atoms with van der Waals surface area (Å²) in [6.45, 7) is 0. The van der Waals surface area contributed by atoms with Gasteiger partial charge in [-0.15, -0.1) is 0 Å². The van der Waals surface area contributed by atoms with Crippen LogP contribution in [-0.2, 0) is 0 Å². The number of hydrogen-bond acceptors (Lipinski definition) is 2. The second kappa shape index (κ2) is 3.53. The summed E-state index contributed by atoms with van der Waals surface area (Å²) in [6, 6.07) is 7.60. The van der Waals surface area contributed by atoms with Gasteiger partial charge in [0.05, 0.1) is 5.69 Å². The number of aromatic nitrogens is 2. The molecule has 0 aliphatic rings. The molecule has 0 spiro atoms. The Bertz CT molecular complexity index is 507. The third-order valence-corrected chi connectivity index (χ3v) is 1.99. The SMILES string of the molecule is NC(=O)c1cc(-c2ccccc2F)n[nH]1. The van der Waals surface area contributed by atoms with Gasteiger partial charge in [0.2, 0.25) is 0 Å². The summed E-state index contributed by atoms with van der Waals surface area (Å²) in [7, 11) is 0. The van der Waals surface area contributed by atoms with Gasteiger partial charge in [-0.1, -0.05) is 12.1 Å². The van der Waals surface area contributed by atoms with Crippen LogP contribution >= 0.6 is 0 Å². The molecular formula is C10H8FN3O. The molecule has 0 aliphatic carbocycles. The number of benzene rings is 1. The molecule has 1 heterocycles. The number of carbonyl (C=O) groups is 1. The molecule has 3 N–H and O–H groups in total. The second-order valence-corrected chi connectivity index (χ2v) is 3.01. The zero-order valence-electron chi connectivity index (χ0n) is 7.70. The third-order valence-electron chi connectivity index (χ3n) is 1.99. The molecule has 5 heteroatoms. The maximum absolute atomic E-state index is 13.3. The Morgan fingerprint density at radius 2 is 2.13 bits per heavy atom. The molecule has 1 amide bonds. The predicted octanol–water partition coefficient (Wildman–Crippen LogP) is 1.31. The largest absolute Gasteiger partial charge is 0.364 e. The van der Waals surface area contributed by atoms with Crippen LogP contribution in [0.1, 0.15) is 10.5 Å². The summed E-state index contributed by atoms with van der Waals surface area (Å²) in [6.07, 6.45) is 0. The minimum atomic E-state index is -0.620. The fraction of sp³-hybridized carbons (Fsp3) is 0. The van der Waals surface area contributed by atoms with Crippen LogP contribution in [0.2, 0.25) is 0 Å². The van der Waals surface area contributed by atoms with E-state index in [0.717, 1.165) is 0 Å². The summed E-state index contributed by atoms with van der Waals surface area (Å²) in [5, 5.41) is 6.24. The molecule has 15 heavy (non-hydrogen) atoms. The van der Waals surface area contributed by atoms with Gasteiger partial charge in [-0.3, -0.25) is 9.89 Å². The first-order valence-corrected chi connectivity index (χ1v) is 4.28. The Morgan fingerprint density at radius 3 is 2.73 bits per heavy atom. The van der Waals surface area contributed by atoms with Crippen molar-refractivity contribution >= 4 is 5.91 Å². The lowest BCUT2D eigenvalue weighted by Crippen LogP contribution is -2.10. The van der Waals surface area contributed by atoms with Crippen molar-refractivity contribution in [2.75, 3.05) is 0 Å². The van der Waals surface area contributed by atoms with Gasteiger partial charge in [0.25, 0.3) is 5.91 Å². The van der Waals surface area contributed by atoms with Gasteiger partial charge < -0.3 is 5.73 Å². The molecule has 0 saturated heterocycles. The number of hydrogen-bond donors (Lipinski definition) is 2. The minimum absolute atomic E-state index is 0.160. The molecule has 2 rings (SSSR count). The number of nitrogens with zero attached hydrogens (tertiary/aromatic N) is 1. The molecule has 2 aromatic rings. The number of H-pyrrole nitrogens is 1. The fourth-order valence-corrected chi connectivity index (χ4v) is 1.25. The highest BCUT2D eigenvalue weighted by atomic mass is 19.1. The van der Waals surface area contributed by atoms with Crippen LogP contribution in [-0.4, -0.2) is 16.1 Å². The van der Waals surface area contributed by atoms with E-state index in [1.54, 1.807) is 18.2 Å². The number of amides is 1. The van der Waals surface area contributed by atoms with E-state index in [2.05, 4.69) is 10.2 Å². The molecule has 76 valence electrons. The van der Waals surface area contributed by atoms with Gasteiger partial charge in [-0.25, -0.2) is 4.39 Å². The monoisotopic (exact) mass is 205 g/mol. The number of rotatable bonds is 2. The Hall–Kier alpha value is -2.17. The van der Waals surface area contributed by atoms with E-state index >= 15 is 0 Å². The fourth-order valence-electron chi connectivity index (χ4n) is 1.25. The average molecular weight is 205 g/mol. The zero-order chi connectivity index (χ0) is 10.8. The number of halogens is 1. The summed E-state index contributed by atoms with van der Waals surface area (Å²) in [5.41, 5.74) is 5.90. The maximum atomic E-state index is 13.3. The van der Waals surface area contributed by atoms with Crippen molar-refractivity contribution in [3.8, 4) is 11.3 Å². The summed E-state index contributed by atoms with van der Waals surface area (Å²) >= 11 is 0. The number of carbonyl (C=O) groups excluding carboxylic acids is 1. The van der Waals surface area contributed by atoms with Crippen LogP contribution in [0.3, 0.4) is 0 Å². The van der Waals surface area contributed by atoms with Crippen LogP contribution in [0, 0.1) is 5.82 Å². The van der Waals surface area contributed by atoms with Crippen LogP contribution in [0.5, 0.6) is 0 Å². The van der Waals surface area contributed by atoms with Crippen molar-refractivity contribution in [2.24, 2.45) is 5.73 Å². The van der Waals surface area contributed by atoms with Gasteiger partial charge in [-0.2, -0.15) is 5.10 Å². The normalized spacial score (nSPS) is 10.2. The topological polar surface area (TPSA) is 71.8 Å². The van der Waals surface area contributed by atoms with Crippen molar-refractivity contribution in [1.82, 2.24) is 10.2 Å². The van der Waals surface area contributed by atoms with E-state index in [0.29, 0.717) is 11.3 Å². The van der Waals surface area contributed by atoms with E-state index in [9.17, 15) is 9.18 Å². The van der Waals surface area contributed by atoms with Crippen LogP contribution in [0.15, 0.2) is 30.3 Å². The zero-order valence-corrected chi connectivity index (χ0v) is 7.70. The number of nitrogens with one attached hydrogen (secondary N) is 1. The Morgan fingerprint density at radius 1 is 1.40 bits per heavy atom. The molecule has 0 saturated carbocycles. The van der Waals surface area contributed by atoms with Gasteiger partial charge in [0, 0.05) is 5.56 Å². The van der Waals surface area contributed by atoms with Crippen LogP contribution < -0.4 is 5.73 Å². The molecule has 0 aliphatic heterocycles. The van der Waals surface area contributed by atoms with E-state index < -0.39 is 5.91 Å². The molecule has 0 unspecified atom stereocenters. The predicted molar refractivity (Wildman–Crippen MR) is 52.5 cm³/mol. The molecule has 0 atom stereocenters. The van der Waals surface area contributed by atoms with E-state index in [-0.39, 0.29) is 11.5 Å². The Balaban J connectivity index is 2.46. The Labute approximate surface area is 84.9 Å². The molecular weight excluding hydrogens is 197 g/mol. The molecule has 0 fully saturated rings. The lowest BCUT2D eigenvalue weighted by molar-refractivity contribution is 0.0995. The van der Waals surface area contributed by atoms with Crippen molar-refractivity contribution in [2.45, 2.75) is 0 Å². The van der Waals surface area contributed by atoms with Gasteiger partial charge in [-0.05, 0) is 18.2 Å². The van der Waals surface area contributed by atoms with Gasteiger partial charge in [0.1, 0.15) is 11.5 Å². The first-order chi connectivity index (χ1) is 7.18. The summed E-state index contributed by atoms with van der Waals surface area (Å²) < 4.78 is 13.3. The highest BCUT2D eigenvalue weighted by Crippen LogP contribution is 2.20. The molecule has 1 aromatic carbocycles. The van der Waals surface area contributed by atoms with Gasteiger partial charge >= 0.3 is 0 Å². The Kier molecular flexibility index (Phi) is 2.21. The quantitative estimate of drug-likeness (QED) is 0.775. The van der Waals surface area contributed by atoms with Crippen molar-refractivity contribution in [1.29, 1.82) is 0 Å². The number of aromatic amines is 1. The second-order valence-electron chi connectivity index (χ2n) is 3.01. The van der Waals surface area contributed by atoms with Crippen molar-refractivity contribution in [3.05, 3.63) is 41.8 Å². The van der Waals surface area contributed by atoms with Crippen LogP contribution in [0.25, 0.3) is 11.3 Å².